The van der Waals surface area contributed by atoms with Gasteiger partial charge in [0.05, 0.1) is 6.04 Å². The Kier molecular flexibility index (Phi) is 3.03. The second kappa shape index (κ2) is 3.32. The van der Waals surface area contributed by atoms with E-state index in [0.717, 1.165) is 0 Å². The van der Waals surface area contributed by atoms with Gasteiger partial charge in [0, 0.05) is 6.42 Å². The summed E-state index contributed by atoms with van der Waals surface area (Å²) in [6, 6.07) is -0.590. The molecule has 0 bridgehead atoms. The minimum Gasteiger partial charge on any atom is -0.321 e. The second-order valence-corrected chi connectivity index (χ2v) is 1.62. The van der Waals surface area contributed by atoms with Crippen LogP contribution in [0.3, 0.4) is 0 Å². The summed E-state index contributed by atoms with van der Waals surface area (Å²) in [6.45, 7) is 1.37. The van der Waals surface area contributed by atoms with Gasteiger partial charge in [-0.05, 0) is 6.92 Å². The lowest BCUT2D eigenvalue weighted by Crippen LogP contribution is -2.28. The predicted octanol–water partition coefficient (Wildman–Crippen LogP) is -0.508. The Morgan fingerprint density at radius 3 is 2.50 bits per heavy atom. The summed E-state index contributed by atoms with van der Waals surface area (Å²) in [7, 11) is 0. The van der Waals surface area contributed by atoms with Crippen LogP contribution in [0.15, 0.2) is 0 Å². The van der Waals surface area contributed by atoms with Crippen LogP contribution < -0.4 is 5.73 Å². The van der Waals surface area contributed by atoms with Gasteiger partial charge in [0.1, 0.15) is 12.1 Å². The Morgan fingerprint density at radius 2 is 2.38 bits per heavy atom. The molecular formula is C5H9NO2. The summed E-state index contributed by atoms with van der Waals surface area (Å²) in [5, 5.41) is 0. The molecule has 0 saturated carbocycles. The van der Waals surface area contributed by atoms with Crippen molar-refractivity contribution in [1.82, 2.24) is 0 Å². The zero-order valence-electron chi connectivity index (χ0n) is 4.76. The minimum atomic E-state index is -0.590. The van der Waals surface area contributed by atoms with E-state index in [4.69, 9.17) is 5.73 Å². The molecule has 0 heterocycles. The van der Waals surface area contributed by atoms with Crippen molar-refractivity contribution in [1.29, 1.82) is 0 Å². The van der Waals surface area contributed by atoms with Crippen LogP contribution in [0.1, 0.15) is 13.3 Å². The van der Waals surface area contributed by atoms with Gasteiger partial charge in [-0.15, -0.1) is 0 Å². The lowest BCUT2D eigenvalue weighted by Gasteiger charge is -1.98. The van der Waals surface area contributed by atoms with E-state index >= 15 is 0 Å². The van der Waals surface area contributed by atoms with Crippen LogP contribution in [-0.4, -0.2) is 18.1 Å². The number of hydrogen-bond donors (Lipinski definition) is 1. The standard InChI is InChI=1S/C5H9NO2/c1-4(8)5(6)2-3-7/h3,5H,2,6H2,1H3/t5-/m0/s1. The number of rotatable bonds is 3. The highest BCUT2D eigenvalue weighted by atomic mass is 16.1. The molecule has 0 radical (unpaired) electrons. The van der Waals surface area contributed by atoms with Crippen LogP contribution in [0.5, 0.6) is 0 Å². The van der Waals surface area contributed by atoms with Crippen LogP contribution in [0.25, 0.3) is 0 Å². The van der Waals surface area contributed by atoms with Crippen molar-refractivity contribution in [2.24, 2.45) is 5.73 Å². The van der Waals surface area contributed by atoms with Crippen LogP contribution in [0, 0.1) is 0 Å². The molecule has 0 spiro atoms. The van der Waals surface area contributed by atoms with Crippen molar-refractivity contribution in [3.8, 4) is 0 Å². The predicted molar refractivity (Wildman–Crippen MR) is 29.3 cm³/mol. The average Bonchev–Trinajstić information content (AvgIpc) is 1.67. The van der Waals surface area contributed by atoms with E-state index in [9.17, 15) is 9.59 Å². The molecular weight excluding hydrogens is 106 g/mol. The number of carbonyl (C=O) groups is 2. The van der Waals surface area contributed by atoms with E-state index in [1.54, 1.807) is 0 Å². The normalized spacial score (nSPS) is 12.8. The fourth-order valence-corrected chi connectivity index (χ4v) is 0.270. The maximum atomic E-state index is 10.2. The van der Waals surface area contributed by atoms with Gasteiger partial charge < -0.3 is 10.5 Å². The summed E-state index contributed by atoms with van der Waals surface area (Å²) in [4.78, 5) is 19.9. The van der Waals surface area contributed by atoms with E-state index in [-0.39, 0.29) is 12.2 Å². The Labute approximate surface area is 47.9 Å². The summed E-state index contributed by atoms with van der Waals surface area (Å²) in [5.74, 6) is -0.142. The first-order chi connectivity index (χ1) is 3.68. The van der Waals surface area contributed by atoms with Gasteiger partial charge in [-0.1, -0.05) is 0 Å². The summed E-state index contributed by atoms with van der Waals surface area (Å²) >= 11 is 0. The third kappa shape index (κ3) is 2.47. The first-order valence-corrected chi connectivity index (χ1v) is 2.38. The molecule has 3 nitrogen and oxygen atoms in total. The Hall–Kier alpha value is -0.700. The van der Waals surface area contributed by atoms with Crippen LogP contribution in [-0.2, 0) is 9.59 Å². The van der Waals surface area contributed by atoms with Gasteiger partial charge >= 0.3 is 0 Å². The van der Waals surface area contributed by atoms with E-state index in [0.29, 0.717) is 6.29 Å². The molecule has 0 fully saturated rings. The topological polar surface area (TPSA) is 60.2 Å². The molecule has 2 N–H and O–H groups in total. The molecule has 0 aromatic heterocycles. The fraction of sp³-hybridized carbons (Fsp3) is 0.600. The van der Waals surface area contributed by atoms with Crippen LogP contribution in [0.4, 0.5) is 0 Å². The quantitative estimate of drug-likeness (QED) is 0.504. The molecule has 0 saturated heterocycles. The zero-order valence-corrected chi connectivity index (χ0v) is 4.76. The summed E-state index contributed by atoms with van der Waals surface area (Å²) < 4.78 is 0. The molecule has 0 aliphatic carbocycles. The Bertz CT molecular complexity index is 101. The van der Waals surface area contributed by atoms with Crippen molar-refractivity contribution in [3.05, 3.63) is 0 Å². The molecule has 0 unspecified atom stereocenters. The van der Waals surface area contributed by atoms with E-state index in [1.807, 2.05) is 0 Å². The molecule has 0 aliphatic heterocycles. The second-order valence-electron chi connectivity index (χ2n) is 1.62. The Balaban J connectivity index is 3.46. The van der Waals surface area contributed by atoms with Gasteiger partial charge in [-0.2, -0.15) is 0 Å². The molecule has 0 aliphatic rings. The lowest BCUT2D eigenvalue weighted by atomic mass is 10.2. The third-order valence-electron chi connectivity index (χ3n) is 0.872. The number of carbonyl (C=O) groups excluding carboxylic acids is 2. The molecule has 0 aromatic carbocycles. The van der Waals surface area contributed by atoms with Crippen LogP contribution in [0.2, 0.25) is 0 Å². The monoisotopic (exact) mass is 115 g/mol. The van der Waals surface area contributed by atoms with E-state index < -0.39 is 6.04 Å². The van der Waals surface area contributed by atoms with Gasteiger partial charge in [-0.3, -0.25) is 4.79 Å². The fourth-order valence-electron chi connectivity index (χ4n) is 0.270. The molecule has 46 valence electrons. The van der Waals surface area contributed by atoms with E-state index in [1.165, 1.54) is 6.92 Å². The third-order valence-corrected chi connectivity index (χ3v) is 0.872. The number of ketones is 1. The molecule has 3 heteroatoms. The van der Waals surface area contributed by atoms with E-state index in [2.05, 4.69) is 0 Å². The van der Waals surface area contributed by atoms with Crippen molar-refractivity contribution in [2.75, 3.05) is 0 Å². The average molecular weight is 115 g/mol. The lowest BCUT2D eigenvalue weighted by molar-refractivity contribution is -0.120. The summed E-state index contributed by atoms with van der Waals surface area (Å²) in [6.07, 6.45) is 0.779. The van der Waals surface area contributed by atoms with Gasteiger partial charge in [0.2, 0.25) is 0 Å². The van der Waals surface area contributed by atoms with Crippen molar-refractivity contribution in [3.63, 3.8) is 0 Å². The zero-order chi connectivity index (χ0) is 6.57. The molecule has 0 rings (SSSR count). The van der Waals surface area contributed by atoms with Crippen molar-refractivity contribution < 1.29 is 9.59 Å². The van der Waals surface area contributed by atoms with Gasteiger partial charge in [-0.25, -0.2) is 0 Å². The largest absolute Gasteiger partial charge is 0.321 e. The number of nitrogens with two attached hydrogens (primary N) is 1. The number of aldehydes is 1. The number of hydrogen-bond acceptors (Lipinski definition) is 3. The maximum Gasteiger partial charge on any atom is 0.146 e. The molecule has 1 atom stereocenters. The summed E-state index contributed by atoms with van der Waals surface area (Å²) in [5.41, 5.74) is 5.15. The molecule has 0 amide bonds. The van der Waals surface area contributed by atoms with Gasteiger partial charge in [0.15, 0.2) is 0 Å². The SMILES string of the molecule is CC(=O)[C@@H](N)CC=O. The minimum absolute atomic E-state index is 0.134. The molecule has 8 heavy (non-hydrogen) atoms. The molecule has 0 aromatic rings. The first kappa shape index (κ1) is 7.30. The highest BCUT2D eigenvalue weighted by molar-refractivity contribution is 5.83. The van der Waals surface area contributed by atoms with Crippen molar-refractivity contribution >= 4 is 12.1 Å². The highest BCUT2D eigenvalue weighted by Crippen LogP contribution is 1.83. The smallest absolute Gasteiger partial charge is 0.146 e. The van der Waals surface area contributed by atoms with Gasteiger partial charge in [0.25, 0.3) is 0 Å². The highest BCUT2D eigenvalue weighted by Gasteiger charge is 2.04. The van der Waals surface area contributed by atoms with Crippen LogP contribution >= 0.6 is 0 Å². The number of Topliss-reactive ketones (excluding diaryl/α,β-unsaturated/α-hetero) is 1. The Morgan fingerprint density at radius 1 is 1.88 bits per heavy atom. The van der Waals surface area contributed by atoms with Crippen molar-refractivity contribution in [2.45, 2.75) is 19.4 Å². The maximum absolute atomic E-state index is 10.2. The first-order valence-electron chi connectivity index (χ1n) is 2.38.